The van der Waals surface area contributed by atoms with Crippen LogP contribution in [0.1, 0.15) is 25.3 Å². The van der Waals surface area contributed by atoms with Crippen LogP contribution in [0.5, 0.6) is 5.75 Å². The monoisotopic (exact) mass is 433 g/mol. The molecule has 130 valence electrons. The Hall–Kier alpha value is -1.02. The minimum Gasteiger partial charge on any atom is -0.497 e. The van der Waals surface area contributed by atoms with Crippen LogP contribution in [-0.4, -0.2) is 45.4 Å². The molecule has 5 nitrogen and oxygen atoms in total. The summed E-state index contributed by atoms with van der Waals surface area (Å²) in [6.07, 6.45) is 3.52. The number of halogens is 1. The second-order valence-corrected chi connectivity index (χ2v) is 5.38. The molecule has 1 saturated heterocycles. The van der Waals surface area contributed by atoms with E-state index in [1.807, 2.05) is 12.1 Å². The lowest BCUT2D eigenvalue weighted by molar-refractivity contribution is 0.117. The fourth-order valence-electron chi connectivity index (χ4n) is 2.44. The number of guanidine groups is 1. The number of hydrogen-bond donors (Lipinski definition) is 2. The summed E-state index contributed by atoms with van der Waals surface area (Å²) in [6.45, 7) is 5.40. The molecule has 1 aliphatic rings. The van der Waals surface area contributed by atoms with E-state index in [-0.39, 0.29) is 30.1 Å². The van der Waals surface area contributed by atoms with Crippen LogP contribution in [0.2, 0.25) is 0 Å². The number of hydrogen-bond acceptors (Lipinski definition) is 3. The normalized spacial score (nSPS) is 17.5. The third-order valence-corrected chi connectivity index (χ3v) is 3.69. The Bertz CT molecular complexity index is 459. The lowest BCUT2D eigenvalue weighted by atomic mass is 10.1. The predicted octanol–water partition coefficient (Wildman–Crippen LogP) is 2.59. The van der Waals surface area contributed by atoms with Gasteiger partial charge in [-0.25, -0.2) is 0 Å². The molecule has 0 aromatic heterocycles. The van der Waals surface area contributed by atoms with Gasteiger partial charge in [0.1, 0.15) is 5.75 Å². The lowest BCUT2D eigenvalue weighted by Gasteiger charge is -2.13. The largest absolute Gasteiger partial charge is 0.497 e. The van der Waals surface area contributed by atoms with Crippen molar-refractivity contribution in [2.45, 2.75) is 32.3 Å². The van der Waals surface area contributed by atoms with Crippen molar-refractivity contribution >= 4 is 29.9 Å². The molecule has 0 radical (unpaired) electrons. The van der Waals surface area contributed by atoms with E-state index in [4.69, 9.17) is 9.47 Å². The number of nitrogens with one attached hydrogen (secondary N) is 2. The van der Waals surface area contributed by atoms with Gasteiger partial charge in [-0.05, 0) is 43.9 Å². The highest BCUT2D eigenvalue weighted by Gasteiger charge is 2.14. The van der Waals surface area contributed by atoms with Crippen molar-refractivity contribution in [1.29, 1.82) is 0 Å². The smallest absolute Gasteiger partial charge is 0.191 e. The third kappa shape index (κ3) is 7.39. The van der Waals surface area contributed by atoms with Gasteiger partial charge in [0.15, 0.2) is 5.96 Å². The number of benzene rings is 1. The average molecular weight is 433 g/mol. The zero-order valence-corrected chi connectivity index (χ0v) is 16.3. The van der Waals surface area contributed by atoms with E-state index < -0.39 is 0 Å². The van der Waals surface area contributed by atoms with E-state index in [1.165, 1.54) is 5.56 Å². The van der Waals surface area contributed by atoms with Crippen molar-refractivity contribution in [2.24, 2.45) is 4.99 Å². The summed E-state index contributed by atoms with van der Waals surface area (Å²) in [6, 6.07) is 8.17. The molecule has 1 aromatic rings. The second-order valence-electron chi connectivity index (χ2n) is 5.38. The van der Waals surface area contributed by atoms with E-state index in [2.05, 4.69) is 34.7 Å². The van der Waals surface area contributed by atoms with Crippen LogP contribution in [0.15, 0.2) is 29.3 Å². The summed E-state index contributed by atoms with van der Waals surface area (Å²) in [4.78, 5) is 4.60. The molecule has 1 fully saturated rings. The second kappa shape index (κ2) is 11.5. The number of ether oxygens (including phenoxy) is 2. The molecule has 6 heteroatoms. The van der Waals surface area contributed by atoms with Gasteiger partial charge < -0.3 is 20.1 Å². The topological polar surface area (TPSA) is 54.9 Å². The van der Waals surface area contributed by atoms with Crippen LogP contribution in [0, 0.1) is 0 Å². The minimum absolute atomic E-state index is 0. The van der Waals surface area contributed by atoms with E-state index >= 15 is 0 Å². The van der Waals surface area contributed by atoms with E-state index in [0.29, 0.717) is 0 Å². The van der Waals surface area contributed by atoms with E-state index in [0.717, 1.165) is 57.2 Å². The van der Waals surface area contributed by atoms with Crippen molar-refractivity contribution in [3.63, 3.8) is 0 Å². The summed E-state index contributed by atoms with van der Waals surface area (Å²) < 4.78 is 10.8. The van der Waals surface area contributed by atoms with E-state index in [9.17, 15) is 0 Å². The van der Waals surface area contributed by atoms with Crippen LogP contribution in [0.25, 0.3) is 0 Å². The standard InChI is InChI=1S/C17H27N3O2.HI/c1-3-18-17(20-13-16-5-4-12-22-16)19-11-10-14-6-8-15(21-2)9-7-14;/h6-9,16H,3-5,10-13H2,1-2H3,(H2,18,19,20);1H. The molecule has 0 aliphatic carbocycles. The van der Waals surface area contributed by atoms with E-state index in [1.54, 1.807) is 7.11 Å². The Morgan fingerprint density at radius 1 is 1.30 bits per heavy atom. The first-order valence-electron chi connectivity index (χ1n) is 8.08. The molecular weight excluding hydrogens is 405 g/mol. The predicted molar refractivity (Wildman–Crippen MR) is 105 cm³/mol. The number of rotatable bonds is 7. The summed E-state index contributed by atoms with van der Waals surface area (Å²) in [7, 11) is 1.68. The van der Waals surface area contributed by atoms with Crippen LogP contribution < -0.4 is 15.4 Å². The molecule has 1 unspecified atom stereocenters. The van der Waals surface area contributed by atoms with Gasteiger partial charge in [0.25, 0.3) is 0 Å². The summed E-state index contributed by atoms with van der Waals surface area (Å²) >= 11 is 0. The fourth-order valence-corrected chi connectivity index (χ4v) is 2.44. The molecule has 1 aromatic carbocycles. The number of methoxy groups -OCH3 is 1. The first-order chi connectivity index (χ1) is 10.8. The Balaban J connectivity index is 0.00000264. The van der Waals surface area contributed by atoms with Gasteiger partial charge in [0.05, 0.1) is 19.8 Å². The Kier molecular flexibility index (Phi) is 10.0. The Morgan fingerprint density at radius 2 is 2.09 bits per heavy atom. The van der Waals surface area contributed by atoms with Gasteiger partial charge in [0.2, 0.25) is 0 Å². The highest BCUT2D eigenvalue weighted by molar-refractivity contribution is 14.0. The first-order valence-corrected chi connectivity index (χ1v) is 8.08. The highest BCUT2D eigenvalue weighted by atomic mass is 127. The molecular formula is C17H28IN3O2. The molecule has 0 saturated carbocycles. The van der Waals surface area contributed by atoms with Gasteiger partial charge in [-0.3, -0.25) is 4.99 Å². The van der Waals surface area contributed by atoms with Crippen LogP contribution in [-0.2, 0) is 11.2 Å². The molecule has 0 bridgehead atoms. The SMILES string of the molecule is CCNC(=NCC1CCCO1)NCCc1ccc(OC)cc1.I. The molecule has 0 amide bonds. The molecule has 2 rings (SSSR count). The molecule has 1 atom stereocenters. The van der Waals surface area contributed by atoms with Crippen molar-refractivity contribution in [3.8, 4) is 5.75 Å². The van der Waals surface area contributed by atoms with Gasteiger partial charge in [-0.2, -0.15) is 0 Å². The van der Waals surface area contributed by atoms with Crippen LogP contribution in [0.4, 0.5) is 0 Å². The maximum atomic E-state index is 5.60. The zero-order chi connectivity index (χ0) is 15.6. The first kappa shape index (κ1) is 20.0. The lowest BCUT2D eigenvalue weighted by Crippen LogP contribution is -2.38. The number of nitrogens with zero attached hydrogens (tertiary/aromatic N) is 1. The Labute approximate surface area is 156 Å². The van der Waals surface area contributed by atoms with Gasteiger partial charge >= 0.3 is 0 Å². The van der Waals surface area contributed by atoms with Gasteiger partial charge in [0, 0.05) is 19.7 Å². The maximum Gasteiger partial charge on any atom is 0.191 e. The van der Waals surface area contributed by atoms with Gasteiger partial charge in [-0.1, -0.05) is 12.1 Å². The van der Waals surface area contributed by atoms with Crippen molar-refractivity contribution in [1.82, 2.24) is 10.6 Å². The summed E-state index contributed by atoms with van der Waals surface area (Å²) in [5, 5.41) is 6.65. The minimum atomic E-state index is 0. The van der Waals surface area contributed by atoms with Crippen LogP contribution in [0.3, 0.4) is 0 Å². The van der Waals surface area contributed by atoms with Crippen molar-refractivity contribution < 1.29 is 9.47 Å². The van der Waals surface area contributed by atoms with Crippen molar-refractivity contribution in [2.75, 3.05) is 33.4 Å². The highest BCUT2D eigenvalue weighted by Crippen LogP contribution is 2.12. The molecule has 2 N–H and O–H groups in total. The molecule has 1 aliphatic heterocycles. The summed E-state index contributed by atoms with van der Waals surface area (Å²) in [5.41, 5.74) is 1.28. The molecule has 0 spiro atoms. The van der Waals surface area contributed by atoms with Crippen LogP contribution >= 0.6 is 24.0 Å². The van der Waals surface area contributed by atoms with Gasteiger partial charge in [-0.15, -0.1) is 24.0 Å². The molecule has 23 heavy (non-hydrogen) atoms. The fraction of sp³-hybridized carbons (Fsp3) is 0.588. The maximum absolute atomic E-state index is 5.60. The number of aliphatic imine (C=N–C) groups is 1. The molecule has 1 heterocycles. The summed E-state index contributed by atoms with van der Waals surface area (Å²) in [5.74, 6) is 1.76. The quantitative estimate of drug-likeness (QED) is 0.395. The third-order valence-electron chi connectivity index (χ3n) is 3.69. The van der Waals surface area contributed by atoms with Crippen molar-refractivity contribution in [3.05, 3.63) is 29.8 Å². The Morgan fingerprint density at radius 3 is 2.70 bits per heavy atom. The zero-order valence-electron chi connectivity index (χ0n) is 14.0. The average Bonchev–Trinajstić information content (AvgIpc) is 3.06.